The smallest absolute Gasteiger partial charge is 0.229 e. The highest BCUT2D eigenvalue weighted by atomic mass is 32.2. The van der Waals surface area contributed by atoms with Crippen LogP contribution in [0.1, 0.15) is 18.5 Å². The number of benzene rings is 1. The van der Waals surface area contributed by atoms with Crippen LogP contribution < -0.4 is 4.72 Å². The topological polar surface area (TPSA) is 58.6 Å². The lowest BCUT2D eigenvalue weighted by molar-refractivity contribution is 0.0198. The first-order valence-corrected chi connectivity index (χ1v) is 8.24. The summed E-state index contributed by atoms with van der Waals surface area (Å²) in [5.41, 5.74) is 1.78. The highest BCUT2D eigenvalue weighted by Crippen LogP contribution is 2.22. The molecule has 0 spiro atoms. The third kappa shape index (κ3) is 4.19. The first kappa shape index (κ1) is 14.3. The summed E-state index contributed by atoms with van der Waals surface area (Å²) >= 11 is 0. The first-order valence-electron chi connectivity index (χ1n) is 6.35. The molecule has 1 aliphatic heterocycles. The first-order chi connectivity index (χ1) is 8.96. The van der Waals surface area contributed by atoms with Crippen LogP contribution in [0.25, 0.3) is 0 Å². The number of nitrogens with one attached hydrogen (secondary N) is 1. The Kier molecular flexibility index (Phi) is 4.44. The van der Waals surface area contributed by atoms with Gasteiger partial charge >= 0.3 is 0 Å². The van der Waals surface area contributed by atoms with Gasteiger partial charge in [0, 0.05) is 24.8 Å². The third-order valence-corrected chi connectivity index (χ3v) is 3.90. The van der Waals surface area contributed by atoms with Crippen LogP contribution in [0.4, 0.5) is 5.69 Å². The lowest BCUT2D eigenvalue weighted by Crippen LogP contribution is -2.37. The van der Waals surface area contributed by atoms with Crippen molar-refractivity contribution in [1.29, 1.82) is 0 Å². The second-order valence-corrected chi connectivity index (χ2v) is 6.57. The van der Waals surface area contributed by atoms with E-state index >= 15 is 0 Å². The molecule has 5 nitrogen and oxygen atoms in total. The molecule has 6 heteroatoms. The van der Waals surface area contributed by atoms with Crippen molar-refractivity contribution in [2.24, 2.45) is 0 Å². The summed E-state index contributed by atoms with van der Waals surface area (Å²) in [5.74, 6) is 0. The van der Waals surface area contributed by atoms with Gasteiger partial charge in [-0.25, -0.2) is 8.42 Å². The van der Waals surface area contributed by atoms with Crippen molar-refractivity contribution in [1.82, 2.24) is 4.90 Å². The number of nitrogens with zero attached hydrogens (tertiary/aromatic N) is 1. The van der Waals surface area contributed by atoms with Gasteiger partial charge in [-0.2, -0.15) is 0 Å². The van der Waals surface area contributed by atoms with Crippen molar-refractivity contribution in [2.45, 2.75) is 13.0 Å². The minimum atomic E-state index is -3.21. The van der Waals surface area contributed by atoms with Crippen LogP contribution in [0.15, 0.2) is 24.3 Å². The van der Waals surface area contributed by atoms with Crippen LogP contribution in [0, 0.1) is 0 Å². The van der Waals surface area contributed by atoms with Crippen LogP contribution in [0.5, 0.6) is 0 Å². The molecule has 1 heterocycles. The molecule has 0 saturated carbocycles. The summed E-state index contributed by atoms with van der Waals surface area (Å²) in [6, 6.07) is 7.85. The molecule has 1 aromatic carbocycles. The Hall–Kier alpha value is -1.11. The summed E-state index contributed by atoms with van der Waals surface area (Å²) in [6.45, 7) is 5.58. The quantitative estimate of drug-likeness (QED) is 0.909. The van der Waals surface area contributed by atoms with E-state index in [9.17, 15) is 8.42 Å². The number of sulfonamides is 1. The van der Waals surface area contributed by atoms with Gasteiger partial charge in [-0.3, -0.25) is 9.62 Å². The van der Waals surface area contributed by atoms with E-state index in [1.165, 1.54) is 5.56 Å². The molecule has 1 aliphatic rings. The van der Waals surface area contributed by atoms with E-state index in [2.05, 4.69) is 16.5 Å². The Bertz CT molecular complexity index is 507. The zero-order valence-electron chi connectivity index (χ0n) is 11.3. The fraction of sp³-hybridized carbons (Fsp3) is 0.538. The van der Waals surface area contributed by atoms with E-state index in [0.717, 1.165) is 32.6 Å². The summed E-state index contributed by atoms with van der Waals surface area (Å²) in [6.07, 6.45) is 1.15. The highest BCUT2D eigenvalue weighted by molar-refractivity contribution is 7.92. The molecule has 1 saturated heterocycles. The van der Waals surface area contributed by atoms with Crippen LogP contribution >= 0.6 is 0 Å². The molecule has 1 fully saturated rings. The molecule has 19 heavy (non-hydrogen) atoms. The summed E-state index contributed by atoms with van der Waals surface area (Å²) in [4.78, 5) is 2.36. The predicted octanol–water partition coefficient (Wildman–Crippen LogP) is 1.45. The number of hydrogen-bond acceptors (Lipinski definition) is 4. The summed E-state index contributed by atoms with van der Waals surface area (Å²) in [7, 11) is -3.21. The molecule has 1 unspecified atom stereocenters. The Morgan fingerprint density at radius 3 is 2.32 bits per heavy atom. The monoisotopic (exact) mass is 284 g/mol. The van der Waals surface area contributed by atoms with Crippen molar-refractivity contribution < 1.29 is 13.2 Å². The van der Waals surface area contributed by atoms with Crippen molar-refractivity contribution in [3.8, 4) is 0 Å². The normalized spacial score (nSPS) is 19.1. The van der Waals surface area contributed by atoms with E-state index in [-0.39, 0.29) is 0 Å². The molecular weight excluding hydrogens is 264 g/mol. The molecular formula is C13H20N2O3S. The maximum absolute atomic E-state index is 11.1. The molecule has 1 N–H and O–H groups in total. The van der Waals surface area contributed by atoms with Gasteiger partial charge in [-0.1, -0.05) is 12.1 Å². The fourth-order valence-electron chi connectivity index (χ4n) is 2.22. The summed E-state index contributed by atoms with van der Waals surface area (Å²) in [5, 5.41) is 0. The average Bonchev–Trinajstić information content (AvgIpc) is 2.38. The Balaban J connectivity index is 2.04. The van der Waals surface area contributed by atoms with E-state index in [1.807, 2.05) is 12.1 Å². The summed E-state index contributed by atoms with van der Waals surface area (Å²) < 4.78 is 30.1. The highest BCUT2D eigenvalue weighted by Gasteiger charge is 2.18. The van der Waals surface area contributed by atoms with Gasteiger partial charge in [0.25, 0.3) is 0 Å². The average molecular weight is 284 g/mol. The second-order valence-electron chi connectivity index (χ2n) is 4.82. The zero-order valence-corrected chi connectivity index (χ0v) is 12.1. The molecule has 0 aliphatic carbocycles. The number of ether oxygens (including phenoxy) is 1. The predicted molar refractivity (Wildman–Crippen MR) is 75.7 cm³/mol. The van der Waals surface area contributed by atoms with Crippen molar-refractivity contribution in [3.05, 3.63) is 29.8 Å². The van der Waals surface area contributed by atoms with Gasteiger partial charge in [0.2, 0.25) is 10.0 Å². The number of hydrogen-bond donors (Lipinski definition) is 1. The second kappa shape index (κ2) is 5.90. The van der Waals surface area contributed by atoms with Crippen LogP contribution in [0.2, 0.25) is 0 Å². The minimum absolute atomic E-state index is 0.316. The molecule has 0 amide bonds. The van der Waals surface area contributed by atoms with Crippen molar-refractivity contribution in [2.75, 3.05) is 37.3 Å². The lowest BCUT2D eigenvalue weighted by atomic mass is 10.1. The van der Waals surface area contributed by atoms with Crippen molar-refractivity contribution >= 4 is 15.7 Å². The Labute approximate surface area is 114 Å². The third-order valence-electron chi connectivity index (χ3n) is 3.29. The maximum atomic E-state index is 11.1. The van der Waals surface area contributed by atoms with Gasteiger partial charge in [0.1, 0.15) is 0 Å². The van der Waals surface area contributed by atoms with E-state index in [4.69, 9.17) is 4.74 Å². The van der Waals surface area contributed by atoms with Gasteiger partial charge in [-0.15, -0.1) is 0 Å². The SMILES string of the molecule is CC(c1ccc(NS(C)(=O)=O)cc1)N1CCOCC1. The van der Waals surface area contributed by atoms with Crippen LogP contribution in [-0.4, -0.2) is 45.9 Å². The fourth-order valence-corrected chi connectivity index (χ4v) is 2.78. The lowest BCUT2D eigenvalue weighted by Gasteiger charge is -2.32. The molecule has 106 valence electrons. The Morgan fingerprint density at radius 1 is 1.21 bits per heavy atom. The van der Waals surface area contributed by atoms with Crippen LogP contribution in [0.3, 0.4) is 0 Å². The number of morpholine rings is 1. The van der Waals surface area contributed by atoms with E-state index < -0.39 is 10.0 Å². The molecule has 0 aromatic heterocycles. The molecule has 1 aromatic rings. The zero-order chi connectivity index (χ0) is 13.9. The standard InChI is InChI=1S/C13H20N2O3S/c1-11(15-7-9-18-10-8-15)12-3-5-13(6-4-12)14-19(2,16)17/h3-6,11,14H,7-10H2,1-2H3. The largest absolute Gasteiger partial charge is 0.379 e. The van der Waals surface area contributed by atoms with Gasteiger partial charge < -0.3 is 4.74 Å². The molecule has 0 bridgehead atoms. The molecule has 2 rings (SSSR count). The van der Waals surface area contributed by atoms with Crippen molar-refractivity contribution in [3.63, 3.8) is 0 Å². The number of anilines is 1. The maximum Gasteiger partial charge on any atom is 0.229 e. The minimum Gasteiger partial charge on any atom is -0.379 e. The van der Waals surface area contributed by atoms with Crippen LogP contribution in [-0.2, 0) is 14.8 Å². The molecule has 0 radical (unpaired) electrons. The van der Waals surface area contributed by atoms with Gasteiger partial charge in [-0.05, 0) is 24.6 Å². The Morgan fingerprint density at radius 2 is 1.79 bits per heavy atom. The number of rotatable bonds is 4. The molecule has 1 atom stereocenters. The van der Waals surface area contributed by atoms with E-state index in [1.54, 1.807) is 12.1 Å². The van der Waals surface area contributed by atoms with Gasteiger partial charge in [0.05, 0.1) is 19.5 Å². The van der Waals surface area contributed by atoms with E-state index in [0.29, 0.717) is 11.7 Å². The van der Waals surface area contributed by atoms with Gasteiger partial charge in [0.15, 0.2) is 0 Å².